The molecule has 27 heavy (non-hydrogen) atoms. The summed E-state index contributed by atoms with van der Waals surface area (Å²) in [6.45, 7) is 3.64. The predicted octanol–water partition coefficient (Wildman–Crippen LogP) is 6.64. The number of rotatable bonds is 4. The first-order valence-electron chi connectivity index (χ1n) is 9.12. The van der Waals surface area contributed by atoms with Gasteiger partial charge in [0.25, 0.3) is 0 Å². The third-order valence-corrected chi connectivity index (χ3v) is 4.43. The molecule has 1 aliphatic carbocycles. The van der Waals surface area contributed by atoms with Crippen molar-refractivity contribution in [3.63, 3.8) is 0 Å². The summed E-state index contributed by atoms with van der Waals surface area (Å²) in [5, 5.41) is 3.51. The van der Waals surface area contributed by atoms with Gasteiger partial charge in [-0.15, -0.1) is 0 Å². The van der Waals surface area contributed by atoms with Crippen molar-refractivity contribution in [3.8, 4) is 0 Å². The third-order valence-electron chi connectivity index (χ3n) is 4.18. The lowest BCUT2D eigenvalue weighted by Crippen LogP contribution is -2.18. The minimum Gasteiger partial charge on any atom is -0.447 e. The molecular weight excluding hydrogens is 360 g/mol. The second-order valence-corrected chi connectivity index (χ2v) is 7.17. The highest BCUT2D eigenvalue weighted by molar-refractivity contribution is 6.30. The Morgan fingerprint density at radius 3 is 2.63 bits per heavy atom. The maximum atomic E-state index is 11.9. The fourth-order valence-electron chi connectivity index (χ4n) is 2.97. The van der Waals surface area contributed by atoms with Crippen molar-refractivity contribution in [1.82, 2.24) is 0 Å². The molecule has 0 saturated heterocycles. The number of aliphatic imine (C=N–C) groups is 1. The summed E-state index contributed by atoms with van der Waals surface area (Å²) in [4.78, 5) is 16.8. The van der Waals surface area contributed by atoms with Gasteiger partial charge in [-0.1, -0.05) is 35.9 Å². The Bertz CT molecular complexity index is 870. The van der Waals surface area contributed by atoms with Crippen LogP contribution in [0.15, 0.2) is 59.1 Å². The first kappa shape index (κ1) is 19.2. The summed E-state index contributed by atoms with van der Waals surface area (Å²) in [5.74, 6) is 0. The minimum atomic E-state index is -0.471. The van der Waals surface area contributed by atoms with Gasteiger partial charge in [-0.05, 0) is 74.6 Å². The van der Waals surface area contributed by atoms with E-state index in [4.69, 9.17) is 21.3 Å². The standard InChI is InChI=1S/C22H23ClN2O2/c1-15(2)27-22(26)25-21-8-4-3-7-20(21)24-19-9-5-6-17(19)14-16-10-12-18(23)13-11-16/h3-4,7-8,10-15H,5-6,9H2,1-2H3,(H,25,26)/b17-14-,24-19?. The topological polar surface area (TPSA) is 50.7 Å². The molecule has 2 aromatic carbocycles. The maximum absolute atomic E-state index is 11.9. The fourth-order valence-corrected chi connectivity index (χ4v) is 3.10. The molecule has 2 aromatic rings. The average Bonchev–Trinajstić information content (AvgIpc) is 3.05. The average molecular weight is 383 g/mol. The van der Waals surface area contributed by atoms with E-state index in [0.29, 0.717) is 5.69 Å². The van der Waals surface area contributed by atoms with Crippen LogP contribution >= 0.6 is 11.6 Å². The summed E-state index contributed by atoms with van der Waals surface area (Å²) < 4.78 is 5.17. The van der Waals surface area contributed by atoms with E-state index in [9.17, 15) is 4.79 Å². The van der Waals surface area contributed by atoms with Crippen molar-refractivity contribution in [2.24, 2.45) is 4.99 Å². The number of ether oxygens (including phenoxy) is 1. The van der Waals surface area contributed by atoms with E-state index in [0.717, 1.165) is 41.2 Å². The summed E-state index contributed by atoms with van der Waals surface area (Å²) in [5.41, 5.74) is 4.76. The second-order valence-electron chi connectivity index (χ2n) is 6.73. The highest BCUT2D eigenvalue weighted by Gasteiger charge is 2.17. The molecule has 0 spiro atoms. The SMILES string of the molecule is CC(C)OC(=O)Nc1ccccc1N=C1CCC/C1=C/c1ccc(Cl)cc1. The molecule has 0 atom stereocenters. The van der Waals surface area contributed by atoms with Gasteiger partial charge in [0, 0.05) is 10.7 Å². The molecule has 0 unspecified atom stereocenters. The van der Waals surface area contributed by atoms with Crippen LogP contribution in [0, 0.1) is 0 Å². The molecule has 140 valence electrons. The van der Waals surface area contributed by atoms with E-state index in [-0.39, 0.29) is 6.10 Å². The molecule has 0 heterocycles. The largest absolute Gasteiger partial charge is 0.447 e. The zero-order valence-corrected chi connectivity index (χ0v) is 16.3. The van der Waals surface area contributed by atoms with Crippen LogP contribution in [0.1, 0.15) is 38.7 Å². The number of amides is 1. The third kappa shape index (κ3) is 5.44. The molecule has 5 heteroatoms. The molecule has 1 N–H and O–H groups in total. The smallest absolute Gasteiger partial charge is 0.411 e. The number of para-hydroxylation sites is 2. The zero-order chi connectivity index (χ0) is 19.2. The van der Waals surface area contributed by atoms with Crippen LogP contribution in [0.25, 0.3) is 6.08 Å². The molecule has 1 saturated carbocycles. The van der Waals surface area contributed by atoms with E-state index in [2.05, 4.69) is 11.4 Å². The van der Waals surface area contributed by atoms with Crippen LogP contribution < -0.4 is 5.32 Å². The van der Waals surface area contributed by atoms with Crippen LogP contribution in [-0.2, 0) is 4.74 Å². The first-order chi connectivity index (χ1) is 13.0. The van der Waals surface area contributed by atoms with Gasteiger partial charge in [0.2, 0.25) is 0 Å². The Hall–Kier alpha value is -2.59. The van der Waals surface area contributed by atoms with Crippen LogP contribution in [-0.4, -0.2) is 17.9 Å². The number of hydrogen-bond donors (Lipinski definition) is 1. The number of nitrogens with zero attached hydrogens (tertiary/aromatic N) is 1. The van der Waals surface area contributed by atoms with E-state index >= 15 is 0 Å². The van der Waals surface area contributed by atoms with Gasteiger partial charge in [-0.3, -0.25) is 10.3 Å². The number of benzene rings is 2. The zero-order valence-electron chi connectivity index (χ0n) is 15.5. The first-order valence-corrected chi connectivity index (χ1v) is 9.50. The second kappa shape index (κ2) is 8.87. The number of nitrogens with one attached hydrogen (secondary N) is 1. The van der Waals surface area contributed by atoms with Crippen molar-refractivity contribution >= 4 is 40.9 Å². The Kier molecular flexibility index (Phi) is 6.30. The quantitative estimate of drug-likeness (QED) is 0.644. The van der Waals surface area contributed by atoms with E-state index in [1.165, 1.54) is 5.57 Å². The highest BCUT2D eigenvalue weighted by Crippen LogP contribution is 2.31. The molecule has 1 amide bonds. The maximum Gasteiger partial charge on any atom is 0.411 e. The van der Waals surface area contributed by atoms with E-state index in [1.54, 1.807) is 0 Å². The van der Waals surface area contributed by atoms with Gasteiger partial charge >= 0.3 is 6.09 Å². The minimum absolute atomic E-state index is 0.174. The van der Waals surface area contributed by atoms with Crippen molar-refractivity contribution in [1.29, 1.82) is 0 Å². The van der Waals surface area contributed by atoms with E-state index < -0.39 is 6.09 Å². The molecule has 3 rings (SSSR count). The molecule has 1 fully saturated rings. The Labute approximate surface area is 164 Å². The van der Waals surface area contributed by atoms with Gasteiger partial charge < -0.3 is 4.74 Å². The molecule has 0 aromatic heterocycles. The molecule has 0 radical (unpaired) electrons. The lowest BCUT2D eigenvalue weighted by atomic mass is 10.1. The van der Waals surface area contributed by atoms with Crippen molar-refractivity contribution in [2.45, 2.75) is 39.2 Å². The van der Waals surface area contributed by atoms with Gasteiger partial charge in [0.05, 0.1) is 17.5 Å². The van der Waals surface area contributed by atoms with Crippen LogP contribution in [0.3, 0.4) is 0 Å². The fraction of sp³-hybridized carbons (Fsp3) is 0.273. The van der Waals surface area contributed by atoms with Crippen LogP contribution in [0.2, 0.25) is 5.02 Å². The van der Waals surface area contributed by atoms with Crippen molar-refractivity contribution < 1.29 is 9.53 Å². The number of anilines is 1. The molecule has 0 bridgehead atoms. The van der Waals surface area contributed by atoms with Gasteiger partial charge in [-0.2, -0.15) is 0 Å². The van der Waals surface area contributed by atoms with E-state index in [1.807, 2.05) is 62.4 Å². The molecule has 4 nitrogen and oxygen atoms in total. The summed E-state index contributed by atoms with van der Waals surface area (Å²) in [7, 11) is 0. The number of carbonyl (C=O) groups excluding carboxylic acids is 1. The summed E-state index contributed by atoms with van der Waals surface area (Å²) in [6, 6.07) is 15.3. The van der Waals surface area contributed by atoms with Crippen LogP contribution in [0.5, 0.6) is 0 Å². The summed E-state index contributed by atoms with van der Waals surface area (Å²) in [6.07, 6.45) is 4.50. The van der Waals surface area contributed by atoms with Gasteiger partial charge in [0.1, 0.15) is 0 Å². The van der Waals surface area contributed by atoms with Gasteiger partial charge in [-0.25, -0.2) is 4.79 Å². The van der Waals surface area contributed by atoms with Crippen molar-refractivity contribution in [3.05, 3.63) is 64.7 Å². The lowest BCUT2D eigenvalue weighted by molar-refractivity contribution is 0.130. The monoisotopic (exact) mass is 382 g/mol. The lowest BCUT2D eigenvalue weighted by Gasteiger charge is -2.11. The number of carbonyl (C=O) groups is 1. The normalized spacial score (nSPS) is 16.9. The highest BCUT2D eigenvalue weighted by atomic mass is 35.5. The Morgan fingerprint density at radius 1 is 1.15 bits per heavy atom. The van der Waals surface area contributed by atoms with Crippen molar-refractivity contribution in [2.75, 3.05) is 5.32 Å². The summed E-state index contributed by atoms with van der Waals surface area (Å²) >= 11 is 5.97. The van der Waals surface area contributed by atoms with Crippen LogP contribution in [0.4, 0.5) is 16.2 Å². The number of halogens is 1. The molecule has 1 aliphatic rings. The number of hydrogen-bond acceptors (Lipinski definition) is 3. The van der Waals surface area contributed by atoms with Gasteiger partial charge in [0.15, 0.2) is 0 Å². The molecule has 0 aliphatic heterocycles. The Balaban J connectivity index is 1.85. The molecular formula is C22H23ClN2O2. The number of allylic oxidation sites excluding steroid dienone is 1. The Morgan fingerprint density at radius 2 is 1.89 bits per heavy atom. The predicted molar refractivity (Wildman–Crippen MR) is 112 cm³/mol.